The van der Waals surface area contributed by atoms with Crippen LogP contribution in [-0.4, -0.2) is 30.5 Å². The van der Waals surface area contributed by atoms with Gasteiger partial charge in [0.2, 0.25) is 0 Å². The van der Waals surface area contributed by atoms with Gasteiger partial charge in [-0.3, -0.25) is 0 Å². The first-order chi connectivity index (χ1) is 9.09. The maximum atomic E-state index is 11.2. The SMILES string of the molecule is NCC1(C2(O)CCc3cc(Br)ccc3C2)CCOC1. The van der Waals surface area contributed by atoms with Gasteiger partial charge >= 0.3 is 0 Å². The van der Waals surface area contributed by atoms with Gasteiger partial charge in [-0.25, -0.2) is 0 Å². The maximum Gasteiger partial charge on any atom is 0.0782 e. The number of benzene rings is 1. The Morgan fingerprint density at radius 1 is 1.32 bits per heavy atom. The largest absolute Gasteiger partial charge is 0.389 e. The van der Waals surface area contributed by atoms with Gasteiger partial charge in [0, 0.05) is 29.5 Å². The maximum absolute atomic E-state index is 11.2. The molecule has 3 rings (SSSR count). The van der Waals surface area contributed by atoms with E-state index in [9.17, 15) is 5.11 Å². The number of halogens is 1. The molecule has 1 saturated heterocycles. The molecule has 2 unspecified atom stereocenters. The van der Waals surface area contributed by atoms with Crippen LogP contribution in [0, 0.1) is 5.41 Å². The summed E-state index contributed by atoms with van der Waals surface area (Å²) in [5.41, 5.74) is 7.58. The lowest BCUT2D eigenvalue weighted by molar-refractivity contribution is -0.0921. The molecule has 1 aliphatic carbocycles. The molecule has 0 aromatic heterocycles. The van der Waals surface area contributed by atoms with Gasteiger partial charge < -0.3 is 15.6 Å². The molecule has 1 fully saturated rings. The lowest BCUT2D eigenvalue weighted by atomic mass is 9.63. The summed E-state index contributed by atoms with van der Waals surface area (Å²) >= 11 is 3.51. The average molecular weight is 326 g/mol. The van der Waals surface area contributed by atoms with Crippen LogP contribution < -0.4 is 5.73 Å². The lowest BCUT2D eigenvalue weighted by Crippen LogP contribution is -2.56. The van der Waals surface area contributed by atoms with Gasteiger partial charge in [-0.2, -0.15) is 0 Å². The van der Waals surface area contributed by atoms with Gasteiger partial charge in [0.1, 0.15) is 0 Å². The number of nitrogens with two attached hydrogens (primary N) is 1. The minimum Gasteiger partial charge on any atom is -0.389 e. The van der Waals surface area contributed by atoms with Crippen molar-refractivity contribution in [1.29, 1.82) is 0 Å². The molecule has 1 aromatic carbocycles. The van der Waals surface area contributed by atoms with Crippen molar-refractivity contribution in [3.05, 3.63) is 33.8 Å². The predicted octanol–water partition coefficient (Wildman–Crippen LogP) is 2.03. The second-order valence-electron chi connectivity index (χ2n) is 5.91. The molecule has 19 heavy (non-hydrogen) atoms. The van der Waals surface area contributed by atoms with Crippen LogP contribution in [0.15, 0.2) is 22.7 Å². The summed E-state index contributed by atoms with van der Waals surface area (Å²) < 4.78 is 6.64. The zero-order valence-electron chi connectivity index (χ0n) is 11.0. The molecule has 104 valence electrons. The fraction of sp³-hybridized carbons (Fsp3) is 0.600. The zero-order valence-corrected chi connectivity index (χ0v) is 12.6. The van der Waals surface area contributed by atoms with Crippen molar-refractivity contribution < 1.29 is 9.84 Å². The van der Waals surface area contributed by atoms with E-state index >= 15 is 0 Å². The van der Waals surface area contributed by atoms with Crippen molar-refractivity contribution in [1.82, 2.24) is 0 Å². The first kappa shape index (κ1) is 13.6. The number of fused-ring (bicyclic) bond motifs is 1. The number of aliphatic hydroxyl groups is 1. The van der Waals surface area contributed by atoms with Crippen molar-refractivity contribution >= 4 is 15.9 Å². The van der Waals surface area contributed by atoms with Crippen molar-refractivity contribution in [2.75, 3.05) is 19.8 Å². The number of hydrogen-bond acceptors (Lipinski definition) is 3. The van der Waals surface area contributed by atoms with Crippen molar-refractivity contribution in [2.45, 2.75) is 31.3 Å². The summed E-state index contributed by atoms with van der Waals surface area (Å²) in [6, 6.07) is 6.32. The zero-order chi connectivity index (χ0) is 13.5. The number of hydrogen-bond donors (Lipinski definition) is 2. The van der Waals surface area contributed by atoms with Crippen molar-refractivity contribution in [3.8, 4) is 0 Å². The van der Waals surface area contributed by atoms with Crippen molar-refractivity contribution in [3.63, 3.8) is 0 Å². The third-order valence-electron chi connectivity index (χ3n) is 4.94. The smallest absolute Gasteiger partial charge is 0.0782 e. The quantitative estimate of drug-likeness (QED) is 0.874. The minimum atomic E-state index is -0.723. The molecule has 1 aromatic rings. The highest BCUT2D eigenvalue weighted by atomic mass is 79.9. The highest BCUT2D eigenvalue weighted by Crippen LogP contribution is 2.46. The molecule has 0 bridgehead atoms. The van der Waals surface area contributed by atoms with E-state index in [1.54, 1.807) is 0 Å². The van der Waals surface area contributed by atoms with E-state index in [4.69, 9.17) is 10.5 Å². The molecular formula is C15H20BrNO2. The Morgan fingerprint density at radius 3 is 2.84 bits per heavy atom. The van der Waals surface area contributed by atoms with Crippen molar-refractivity contribution in [2.24, 2.45) is 11.1 Å². The molecule has 2 atom stereocenters. The van der Waals surface area contributed by atoms with Crippen LogP contribution in [0.5, 0.6) is 0 Å². The van der Waals surface area contributed by atoms with Gasteiger partial charge in [0.25, 0.3) is 0 Å². The van der Waals surface area contributed by atoms with Gasteiger partial charge in [-0.15, -0.1) is 0 Å². The molecule has 2 aliphatic rings. The normalized spacial score (nSPS) is 34.3. The minimum absolute atomic E-state index is 0.266. The highest BCUT2D eigenvalue weighted by Gasteiger charge is 2.52. The number of rotatable bonds is 2. The molecular weight excluding hydrogens is 306 g/mol. The molecule has 0 radical (unpaired) electrons. The Bertz CT molecular complexity index is 485. The summed E-state index contributed by atoms with van der Waals surface area (Å²) in [5.74, 6) is 0. The van der Waals surface area contributed by atoms with E-state index in [-0.39, 0.29) is 5.41 Å². The fourth-order valence-electron chi connectivity index (χ4n) is 3.52. The van der Waals surface area contributed by atoms with Crippen LogP contribution in [0.25, 0.3) is 0 Å². The number of ether oxygens (including phenoxy) is 1. The van der Waals surface area contributed by atoms with E-state index < -0.39 is 5.60 Å². The standard InChI is InChI=1S/C15H20BrNO2/c16-13-2-1-12-8-15(18,4-3-11(12)7-13)14(9-17)5-6-19-10-14/h1-2,7,18H,3-6,8-10,17H2. The molecule has 1 heterocycles. The Balaban J connectivity index is 1.93. The summed E-state index contributed by atoms with van der Waals surface area (Å²) in [6.07, 6.45) is 3.24. The van der Waals surface area contributed by atoms with E-state index in [1.165, 1.54) is 11.1 Å². The Morgan fingerprint density at radius 2 is 2.16 bits per heavy atom. The highest BCUT2D eigenvalue weighted by molar-refractivity contribution is 9.10. The number of aryl methyl sites for hydroxylation is 1. The van der Waals surface area contributed by atoms with Gasteiger partial charge in [-0.1, -0.05) is 22.0 Å². The first-order valence-corrected chi connectivity index (χ1v) is 7.65. The lowest BCUT2D eigenvalue weighted by Gasteiger charge is -2.46. The van der Waals surface area contributed by atoms with Crippen LogP contribution in [-0.2, 0) is 17.6 Å². The van der Waals surface area contributed by atoms with Crippen LogP contribution in [0.3, 0.4) is 0 Å². The van der Waals surface area contributed by atoms with Gasteiger partial charge in [0.05, 0.1) is 12.2 Å². The van der Waals surface area contributed by atoms with E-state index in [1.807, 2.05) is 6.07 Å². The Kier molecular flexibility index (Phi) is 3.46. The second-order valence-corrected chi connectivity index (χ2v) is 6.82. The fourth-order valence-corrected chi connectivity index (χ4v) is 3.93. The Hall–Kier alpha value is -0.420. The van der Waals surface area contributed by atoms with Crippen LogP contribution in [0.1, 0.15) is 24.0 Å². The molecule has 3 nitrogen and oxygen atoms in total. The van der Waals surface area contributed by atoms with Crippen LogP contribution >= 0.6 is 15.9 Å². The van der Waals surface area contributed by atoms with Crippen LogP contribution in [0.2, 0.25) is 0 Å². The monoisotopic (exact) mass is 325 g/mol. The molecule has 0 saturated carbocycles. The van der Waals surface area contributed by atoms with Gasteiger partial charge in [-0.05, 0) is 42.5 Å². The third-order valence-corrected chi connectivity index (χ3v) is 5.43. The first-order valence-electron chi connectivity index (χ1n) is 6.86. The molecule has 3 N–H and O–H groups in total. The van der Waals surface area contributed by atoms with E-state index in [2.05, 4.69) is 28.1 Å². The molecule has 0 amide bonds. The topological polar surface area (TPSA) is 55.5 Å². The molecule has 1 aliphatic heterocycles. The predicted molar refractivity (Wildman–Crippen MR) is 78.0 cm³/mol. The Labute approximate surface area is 122 Å². The molecule has 4 heteroatoms. The third kappa shape index (κ3) is 2.15. The van der Waals surface area contributed by atoms with Gasteiger partial charge in [0.15, 0.2) is 0 Å². The molecule has 0 spiro atoms. The summed E-state index contributed by atoms with van der Waals surface area (Å²) in [5, 5.41) is 11.2. The average Bonchev–Trinajstić information content (AvgIpc) is 2.90. The van der Waals surface area contributed by atoms with E-state index in [0.29, 0.717) is 26.2 Å². The summed E-state index contributed by atoms with van der Waals surface area (Å²) in [6.45, 7) is 1.80. The summed E-state index contributed by atoms with van der Waals surface area (Å²) in [4.78, 5) is 0. The van der Waals surface area contributed by atoms with E-state index in [0.717, 1.165) is 23.7 Å². The summed E-state index contributed by atoms with van der Waals surface area (Å²) in [7, 11) is 0. The van der Waals surface area contributed by atoms with Crippen LogP contribution in [0.4, 0.5) is 0 Å². The second kappa shape index (κ2) is 4.85.